The lowest BCUT2D eigenvalue weighted by molar-refractivity contribution is -0.120. The van der Waals surface area contributed by atoms with Gasteiger partial charge in [-0.1, -0.05) is 0 Å². The van der Waals surface area contributed by atoms with E-state index < -0.39 is 6.10 Å². The fourth-order valence-electron chi connectivity index (χ4n) is 2.84. The standard InChI is InChI=1S/C16H19N3O4/c1-23-11-2-3-12-13(7-11)18-9-19(16(12)22)8-10(20)6-14-15(21)4-5-17-14/h2-3,7,9,14-15,17,21H,4-6,8H2,1H3/t14-,15+/m1/s1. The molecule has 1 aliphatic rings. The highest BCUT2D eigenvalue weighted by Crippen LogP contribution is 2.16. The molecule has 1 aromatic carbocycles. The number of aliphatic hydroxyl groups excluding tert-OH is 1. The first-order valence-electron chi connectivity index (χ1n) is 7.55. The maximum atomic E-state index is 12.4. The fraction of sp³-hybridized carbons (Fsp3) is 0.438. The Kier molecular flexibility index (Phi) is 4.40. The van der Waals surface area contributed by atoms with Gasteiger partial charge in [0.15, 0.2) is 5.78 Å². The van der Waals surface area contributed by atoms with Crippen molar-refractivity contribution >= 4 is 16.7 Å². The van der Waals surface area contributed by atoms with Gasteiger partial charge in [0.25, 0.3) is 5.56 Å². The summed E-state index contributed by atoms with van der Waals surface area (Å²) in [4.78, 5) is 28.8. The predicted octanol–water partition coefficient (Wildman–Crippen LogP) is 0.0871. The number of ether oxygens (including phenoxy) is 1. The number of nitrogens with zero attached hydrogens (tertiary/aromatic N) is 2. The van der Waals surface area contributed by atoms with Gasteiger partial charge in [0.2, 0.25) is 0 Å². The van der Waals surface area contributed by atoms with Gasteiger partial charge in [-0.25, -0.2) is 4.98 Å². The van der Waals surface area contributed by atoms with Crippen LogP contribution in [0.5, 0.6) is 5.75 Å². The Labute approximate surface area is 132 Å². The van der Waals surface area contributed by atoms with E-state index in [1.165, 1.54) is 10.9 Å². The van der Waals surface area contributed by atoms with Crippen LogP contribution in [0.4, 0.5) is 0 Å². The molecule has 0 spiro atoms. The Bertz CT molecular complexity index is 786. The number of aliphatic hydroxyl groups is 1. The molecule has 7 nitrogen and oxygen atoms in total. The third-order valence-electron chi connectivity index (χ3n) is 4.14. The van der Waals surface area contributed by atoms with Gasteiger partial charge >= 0.3 is 0 Å². The number of carbonyl (C=O) groups is 1. The summed E-state index contributed by atoms with van der Waals surface area (Å²) in [5.41, 5.74) is 0.275. The number of benzene rings is 1. The summed E-state index contributed by atoms with van der Waals surface area (Å²) in [6.07, 6.45) is 1.73. The minimum Gasteiger partial charge on any atom is -0.497 e. The van der Waals surface area contributed by atoms with Crippen molar-refractivity contribution in [1.82, 2.24) is 14.9 Å². The molecule has 2 aromatic rings. The number of aromatic nitrogens is 2. The molecule has 1 aliphatic heterocycles. The van der Waals surface area contributed by atoms with Gasteiger partial charge in [-0.05, 0) is 25.1 Å². The van der Waals surface area contributed by atoms with Gasteiger partial charge in [0.05, 0.1) is 37.0 Å². The molecular formula is C16H19N3O4. The van der Waals surface area contributed by atoms with E-state index in [9.17, 15) is 14.7 Å². The van der Waals surface area contributed by atoms with Gasteiger partial charge < -0.3 is 15.2 Å². The average Bonchev–Trinajstić information content (AvgIpc) is 2.94. The Hall–Kier alpha value is -2.25. The van der Waals surface area contributed by atoms with Crippen LogP contribution in [0.3, 0.4) is 0 Å². The van der Waals surface area contributed by atoms with Crippen molar-refractivity contribution in [3.63, 3.8) is 0 Å². The molecule has 0 unspecified atom stereocenters. The monoisotopic (exact) mass is 317 g/mol. The number of rotatable bonds is 5. The molecule has 23 heavy (non-hydrogen) atoms. The molecule has 2 atom stereocenters. The van der Waals surface area contributed by atoms with E-state index in [1.54, 1.807) is 25.3 Å². The van der Waals surface area contributed by atoms with E-state index in [-0.39, 0.29) is 30.3 Å². The van der Waals surface area contributed by atoms with Crippen molar-refractivity contribution in [2.24, 2.45) is 0 Å². The van der Waals surface area contributed by atoms with Crippen LogP contribution >= 0.6 is 0 Å². The van der Waals surface area contributed by atoms with Gasteiger partial charge in [0, 0.05) is 18.5 Å². The zero-order valence-corrected chi connectivity index (χ0v) is 12.9. The van der Waals surface area contributed by atoms with Crippen LogP contribution in [0.1, 0.15) is 12.8 Å². The van der Waals surface area contributed by atoms with Crippen LogP contribution in [0.25, 0.3) is 10.9 Å². The molecule has 1 fully saturated rings. The average molecular weight is 317 g/mol. The lowest BCUT2D eigenvalue weighted by atomic mass is 10.1. The first-order chi connectivity index (χ1) is 11.1. The minimum absolute atomic E-state index is 0.0430. The van der Waals surface area contributed by atoms with Crippen LogP contribution in [-0.4, -0.2) is 46.2 Å². The van der Waals surface area contributed by atoms with E-state index in [2.05, 4.69) is 10.3 Å². The van der Waals surface area contributed by atoms with Crippen LogP contribution in [0.15, 0.2) is 29.3 Å². The zero-order chi connectivity index (χ0) is 16.4. The van der Waals surface area contributed by atoms with Crippen LogP contribution in [0, 0.1) is 0 Å². The first-order valence-corrected chi connectivity index (χ1v) is 7.55. The highest BCUT2D eigenvalue weighted by Gasteiger charge is 2.26. The second kappa shape index (κ2) is 6.47. The quantitative estimate of drug-likeness (QED) is 0.812. The van der Waals surface area contributed by atoms with Gasteiger partial charge in [-0.15, -0.1) is 0 Å². The van der Waals surface area contributed by atoms with E-state index >= 15 is 0 Å². The number of Topliss-reactive ketones (excluding diaryl/α,β-unsaturated/α-hetero) is 1. The van der Waals surface area contributed by atoms with E-state index in [4.69, 9.17) is 4.74 Å². The summed E-state index contributed by atoms with van der Waals surface area (Å²) in [6.45, 7) is 0.664. The summed E-state index contributed by atoms with van der Waals surface area (Å²) in [5.74, 6) is 0.514. The molecule has 1 aromatic heterocycles. The summed E-state index contributed by atoms with van der Waals surface area (Å²) in [7, 11) is 1.55. The van der Waals surface area contributed by atoms with Crippen molar-refractivity contribution in [3.05, 3.63) is 34.9 Å². The van der Waals surface area contributed by atoms with Crippen LogP contribution in [-0.2, 0) is 11.3 Å². The fourth-order valence-corrected chi connectivity index (χ4v) is 2.84. The second-order valence-electron chi connectivity index (χ2n) is 5.72. The number of ketones is 1. The molecule has 0 amide bonds. The molecule has 2 N–H and O–H groups in total. The number of hydrogen-bond donors (Lipinski definition) is 2. The number of methoxy groups -OCH3 is 1. The van der Waals surface area contributed by atoms with Crippen molar-refractivity contribution in [1.29, 1.82) is 0 Å². The van der Waals surface area contributed by atoms with Gasteiger partial charge in [-0.2, -0.15) is 0 Å². The highest BCUT2D eigenvalue weighted by atomic mass is 16.5. The van der Waals surface area contributed by atoms with E-state index in [0.717, 1.165) is 0 Å². The smallest absolute Gasteiger partial charge is 0.261 e. The third kappa shape index (κ3) is 3.25. The largest absolute Gasteiger partial charge is 0.497 e. The van der Waals surface area contributed by atoms with Crippen molar-refractivity contribution < 1.29 is 14.6 Å². The highest BCUT2D eigenvalue weighted by molar-refractivity contribution is 5.81. The topological polar surface area (TPSA) is 93.5 Å². The van der Waals surface area contributed by atoms with Gasteiger partial charge in [-0.3, -0.25) is 14.2 Å². The Morgan fingerprint density at radius 2 is 2.35 bits per heavy atom. The number of carbonyl (C=O) groups excluding carboxylic acids is 1. The second-order valence-corrected chi connectivity index (χ2v) is 5.72. The summed E-state index contributed by atoms with van der Waals surface area (Å²) in [6, 6.07) is 4.79. The zero-order valence-electron chi connectivity index (χ0n) is 12.9. The van der Waals surface area contributed by atoms with Crippen molar-refractivity contribution in [2.75, 3.05) is 13.7 Å². The Balaban J connectivity index is 1.79. The molecule has 0 saturated carbocycles. The molecule has 122 valence electrons. The Morgan fingerprint density at radius 3 is 3.04 bits per heavy atom. The van der Waals surface area contributed by atoms with Crippen LogP contribution < -0.4 is 15.6 Å². The Morgan fingerprint density at radius 1 is 1.52 bits per heavy atom. The maximum absolute atomic E-state index is 12.4. The predicted molar refractivity (Wildman–Crippen MR) is 84.6 cm³/mol. The van der Waals surface area contributed by atoms with Gasteiger partial charge in [0.1, 0.15) is 5.75 Å². The van der Waals surface area contributed by atoms with Crippen LogP contribution in [0.2, 0.25) is 0 Å². The number of hydrogen-bond acceptors (Lipinski definition) is 6. The summed E-state index contributed by atoms with van der Waals surface area (Å²) < 4.78 is 6.41. The van der Waals surface area contributed by atoms with E-state index in [1.807, 2.05) is 0 Å². The minimum atomic E-state index is -0.502. The molecule has 3 rings (SSSR count). The molecule has 0 bridgehead atoms. The third-order valence-corrected chi connectivity index (χ3v) is 4.14. The van der Waals surface area contributed by atoms with E-state index in [0.29, 0.717) is 29.6 Å². The lowest BCUT2D eigenvalue weighted by Gasteiger charge is -2.14. The first kappa shape index (κ1) is 15.6. The lowest BCUT2D eigenvalue weighted by Crippen LogP contribution is -2.34. The van der Waals surface area contributed by atoms with Crippen molar-refractivity contribution in [2.45, 2.75) is 31.5 Å². The molecule has 0 radical (unpaired) electrons. The summed E-state index contributed by atoms with van der Waals surface area (Å²) in [5, 5.41) is 13.3. The molecule has 7 heteroatoms. The SMILES string of the molecule is COc1ccc2c(=O)n(CC(=O)C[C@H]3NCC[C@@H]3O)cnc2c1. The maximum Gasteiger partial charge on any atom is 0.261 e. The molecule has 0 aliphatic carbocycles. The van der Waals surface area contributed by atoms with Crippen molar-refractivity contribution in [3.8, 4) is 5.75 Å². The normalized spacial score (nSPS) is 20.8. The number of fused-ring (bicyclic) bond motifs is 1. The molecule has 1 saturated heterocycles. The molecular weight excluding hydrogens is 298 g/mol. The summed E-state index contributed by atoms with van der Waals surface area (Å²) >= 11 is 0. The molecule has 2 heterocycles. The number of nitrogens with one attached hydrogen (secondary N) is 1.